The van der Waals surface area contributed by atoms with Crippen LogP contribution in [0.2, 0.25) is 0 Å². The van der Waals surface area contributed by atoms with Crippen molar-refractivity contribution in [1.82, 2.24) is 0 Å². The smallest absolute Gasteiger partial charge is 0.161 e. The van der Waals surface area contributed by atoms with Gasteiger partial charge in [0.05, 0.1) is 23.2 Å². The highest BCUT2D eigenvalue weighted by molar-refractivity contribution is 6.01. The van der Waals surface area contributed by atoms with Crippen molar-refractivity contribution in [3.8, 4) is 6.07 Å². The van der Waals surface area contributed by atoms with Crippen molar-refractivity contribution >= 4 is 11.5 Å². The van der Waals surface area contributed by atoms with E-state index in [1.165, 1.54) is 12.1 Å². The second-order valence-electron chi connectivity index (χ2n) is 7.15. The van der Waals surface area contributed by atoms with E-state index >= 15 is 0 Å². The number of para-hydroxylation sites is 1. The molecule has 0 spiro atoms. The minimum absolute atomic E-state index is 0.0226. The number of ketones is 1. The molecule has 1 aliphatic carbocycles. The van der Waals surface area contributed by atoms with Crippen molar-refractivity contribution in [3.05, 3.63) is 88.1 Å². The van der Waals surface area contributed by atoms with Crippen LogP contribution in [0.4, 0.5) is 10.1 Å². The lowest BCUT2D eigenvalue weighted by Crippen LogP contribution is -2.39. The molecule has 1 heterocycles. The lowest BCUT2D eigenvalue weighted by molar-refractivity contribution is -0.116. The second-order valence-corrected chi connectivity index (χ2v) is 7.15. The van der Waals surface area contributed by atoms with Crippen molar-refractivity contribution in [2.75, 3.05) is 4.90 Å². The summed E-state index contributed by atoms with van der Waals surface area (Å²) in [6.07, 6.45) is 1.88. The summed E-state index contributed by atoms with van der Waals surface area (Å²) < 4.78 is 13.5. The van der Waals surface area contributed by atoms with Crippen LogP contribution in [-0.4, -0.2) is 5.78 Å². The molecule has 0 amide bonds. The number of hydrogen-bond donors (Lipinski definition) is 1. The van der Waals surface area contributed by atoms with Crippen LogP contribution in [-0.2, 0) is 4.79 Å². The van der Waals surface area contributed by atoms with Gasteiger partial charge in [-0.1, -0.05) is 30.3 Å². The summed E-state index contributed by atoms with van der Waals surface area (Å²) in [7, 11) is 0. The number of carbonyl (C=O) groups excluding carboxylic acids is 1. The molecule has 0 aromatic heterocycles. The van der Waals surface area contributed by atoms with Gasteiger partial charge in [-0.3, -0.25) is 9.69 Å². The van der Waals surface area contributed by atoms with Crippen LogP contribution in [0.1, 0.15) is 36.3 Å². The average Bonchev–Trinajstić information content (AvgIpc) is 2.69. The molecule has 5 heteroatoms. The Morgan fingerprint density at radius 2 is 1.86 bits per heavy atom. The fourth-order valence-electron chi connectivity index (χ4n) is 4.16. The number of nitriles is 1. The van der Waals surface area contributed by atoms with Crippen molar-refractivity contribution in [3.63, 3.8) is 0 Å². The van der Waals surface area contributed by atoms with Crippen LogP contribution in [0.25, 0.3) is 0 Å². The van der Waals surface area contributed by atoms with Gasteiger partial charge in [0, 0.05) is 17.7 Å². The summed E-state index contributed by atoms with van der Waals surface area (Å²) in [5.74, 6) is -0.566. The number of halogens is 1. The van der Waals surface area contributed by atoms with Crippen LogP contribution < -0.4 is 10.6 Å². The van der Waals surface area contributed by atoms with Crippen LogP contribution in [0.3, 0.4) is 0 Å². The van der Waals surface area contributed by atoms with Crippen molar-refractivity contribution in [2.24, 2.45) is 5.73 Å². The summed E-state index contributed by atoms with van der Waals surface area (Å²) in [6, 6.07) is 15.9. The third-order valence-electron chi connectivity index (χ3n) is 5.47. The van der Waals surface area contributed by atoms with E-state index in [4.69, 9.17) is 5.73 Å². The Morgan fingerprint density at radius 3 is 2.54 bits per heavy atom. The Labute approximate surface area is 163 Å². The monoisotopic (exact) mass is 373 g/mol. The summed E-state index contributed by atoms with van der Waals surface area (Å²) in [5.41, 5.74) is 10.9. The molecule has 4 rings (SSSR count). The second kappa shape index (κ2) is 6.97. The van der Waals surface area contributed by atoms with Crippen LogP contribution in [0, 0.1) is 24.1 Å². The highest BCUT2D eigenvalue weighted by Crippen LogP contribution is 2.46. The lowest BCUT2D eigenvalue weighted by Gasteiger charge is -2.40. The van der Waals surface area contributed by atoms with Gasteiger partial charge in [-0.25, -0.2) is 4.39 Å². The lowest BCUT2D eigenvalue weighted by atomic mass is 9.75. The molecule has 1 aliphatic heterocycles. The van der Waals surface area contributed by atoms with E-state index in [1.807, 2.05) is 36.1 Å². The summed E-state index contributed by atoms with van der Waals surface area (Å²) in [5, 5.41) is 9.94. The third kappa shape index (κ3) is 2.78. The Kier molecular flexibility index (Phi) is 4.48. The number of anilines is 1. The zero-order valence-corrected chi connectivity index (χ0v) is 15.6. The maximum atomic E-state index is 13.5. The topological polar surface area (TPSA) is 70.1 Å². The Hall–Kier alpha value is -3.39. The van der Waals surface area contributed by atoms with Gasteiger partial charge in [0.15, 0.2) is 5.78 Å². The minimum Gasteiger partial charge on any atom is -0.384 e. The molecule has 2 aromatic rings. The first kappa shape index (κ1) is 18.0. The molecule has 1 unspecified atom stereocenters. The van der Waals surface area contributed by atoms with Gasteiger partial charge in [-0.2, -0.15) is 5.26 Å². The standard InChI is InChI=1S/C23H20FN3O/c1-14-5-2-3-6-18(14)27-19-7-4-8-20(28)22(19)21(17(13-25)23(27)26)15-9-11-16(24)12-10-15/h2-3,5-6,9-12,21H,4,7-8,26H2,1H3. The van der Waals surface area contributed by atoms with Crippen molar-refractivity contribution in [2.45, 2.75) is 32.1 Å². The first-order valence-electron chi connectivity index (χ1n) is 9.30. The van der Waals surface area contributed by atoms with Gasteiger partial charge in [0.2, 0.25) is 0 Å². The van der Waals surface area contributed by atoms with Gasteiger partial charge in [-0.15, -0.1) is 0 Å². The maximum Gasteiger partial charge on any atom is 0.161 e. The first-order chi connectivity index (χ1) is 13.5. The van der Waals surface area contributed by atoms with Crippen molar-refractivity contribution < 1.29 is 9.18 Å². The molecule has 4 nitrogen and oxygen atoms in total. The Balaban J connectivity index is 1.98. The van der Waals surface area contributed by atoms with E-state index in [0.717, 1.165) is 23.4 Å². The number of aryl methyl sites for hydroxylation is 1. The van der Waals surface area contributed by atoms with E-state index in [2.05, 4.69) is 6.07 Å². The SMILES string of the molecule is Cc1ccccc1N1C(N)=C(C#N)C(c2ccc(F)cc2)C2=C1CCCC2=O. The Bertz CT molecular complexity index is 1060. The van der Waals surface area contributed by atoms with Crippen LogP contribution in [0.15, 0.2) is 71.2 Å². The molecule has 0 saturated carbocycles. The molecule has 1 atom stereocenters. The number of rotatable bonds is 2. The van der Waals surface area contributed by atoms with Gasteiger partial charge in [0.1, 0.15) is 11.6 Å². The summed E-state index contributed by atoms with van der Waals surface area (Å²) >= 11 is 0. The molecule has 2 aliphatic rings. The number of benzene rings is 2. The third-order valence-corrected chi connectivity index (χ3v) is 5.47. The van der Waals surface area contributed by atoms with E-state index in [0.29, 0.717) is 35.4 Å². The maximum absolute atomic E-state index is 13.5. The van der Waals surface area contributed by atoms with E-state index in [-0.39, 0.29) is 11.6 Å². The predicted molar refractivity (Wildman–Crippen MR) is 106 cm³/mol. The molecular formula is C23H20FN3O. The first-order valence-corrected chi connectivity index (χ1v) is 9.30. The molecular weight excluding hydrogens is 353 g/mol. The fraction of sp³-hybridized carbons (Fsp3) is 0.217. The minimum atomic E-state index is -0.561. The van der Waals surface area contributed by atoms with Gasteiger partial charge in [0.25, 0.3) is 0 Å². The fourth-order valence-corrected chi connectivity index (χ4v) is 4.16. The zero-order chi connectivity index (χ0) is 19.8. The number of nitrogens with zero attached hydrogens (tertiary/aromatic N) is 2. The van der Waals surface area contributed by atoms with E-state index in [9.17, 15) is 14.4 Å². The number of carbonyl (C=O) groups is 1. The molecule has 140 valence electrons. The number of allylic oxidation sites excluding steroid dienone is 3. The molecule has 0 saturated heterocycles. The number of hydrogen-bond acceptors (Lipinski definition) is 4. The van der Waals surface area contributed by atoms with Gasteiger partial charge < -0.3 is 5.73 Å². The van der Waals surface area contributed by atoms with Crippen molar-refractivity contribution in [1.29, 1.82) is 5.26 Å². The molecule has 2 aromatic carbocycles. The average molecular weight is 373 g/mol. The van der Waals surface area contributed by atoms with E-state index < -0.39 is 5.92 Å². The number of Topliss-reactive ketones (excluding diaryl/α,β-unsaturated/α-hetero) is 1. The van der Waals surface area contributed by atoms with E-state index in [1.54, 1.807) is 12.1 Å². The zero-order valence-electron chi connectivity index (χ0n) is 15.6. The highest BCUT2D eigenvalue weighted by atomic mass is 19.1. The quantitative estimate of drug-likeness (QED) is 0.845. The molecule has 28 heavy (non-hydrogen) atoms. The summed E-state index contributed by atoms with van der Waals surface area (Å²) in [4.78, 5) is 14.8. The predicted octanol–water partition coefficient (Wildman–Crippen LogP) is 4.44. The van der Waals surface area contributed by atoms with Gasteiger partial charge >= 0.3 is 0 Å². The molecule has 0 fully saturated rings. The van der Waals surface area contributed by atoms with Crippen LogP contribution in [0.5, 0.6) is 0 Å². The molecule has 0 radical (unpaired) electrons. The van der Waals surface area contributed by atoms with Gasteiger partial charge in [-0.05, 0) is 49.1 Å². The Morgan fingerprint density at radius 1 is 1.14 bits per heavy atom. The highest BCUT2D eigenvalue weighted by Gasteiger charge is 2.40. The largest absolute Gasteiger partial charge is 0.384 e. The number of nitrogens with two attached hydrogens (primary N) is 1. The van der Waals surface area contributed by atoms with Crippen LogP contribution >= 0.6 is 0 Å². The normalized spacial score (nSPS) is 19.5. The molecule has 2 N–H and O–H groups in total. The summed E-state index contributed by atoms with van der Waals surface area (Å²) in [6.45, 7) is 1.98. The molecule has 0 bridgehead atoms.